The number of hydrogen-bond acceptors (Lipinski definition) is 7. The zero-order chi connectivity index (χ0) is 43.2. The second-order valence-electron chi connectivity index (χ2n) is 14.6. The lowest BCUT2D eigenvalue weighted by Crippen LogP contribution is -2.26. The highest BCUT2D eigenvalue weighted by molar-refractivity contribution is 8.32. The third-order valence-corrected chi connectivity index (χ3v) is 12.5. The van der Waals surface area contributed by atoms with Gasteiger partial charge in [-0.25, -0.2) is 24.4 Å². The van der Waals surface area contributed by atoms with Crippen LogP contribution in [-0.4, -0.2) is 98.9 Å². The summed E-state index contributed by atoms with van der Waals surface area (Å²) in [5, 5.41) is 0. The SMILES string of the molecule is CC.CC.CC.COC(=O)CC(CSN(COCCS(C)(C)C)COCCS(C)(C)C)c1ccc(OC2CCc3c(-c4ccccc4C(F)(F)F)cccc32)cc1. The molecule has 0 fully saturated rings. The van der Waals surface area contributed by atoms with E-state index in [1.165, 1.54) is 19.2 Å². The lowest BCUT2D eigenvalue weighted by Gasteiger charge is -2.28. The maximum Gasteiger partial charge on any atom is 0.417 e. The van der Waals surface area contributed by atoms with Crippen molar-refractivity contribution in [3.05, 3.63) is 89.0 Å². The van der Waals surface area contributed by atoms with Crippen molar-refractivity contribution in [2.75, 3.05) is 88.6 Å². The summed E-state index contributed by atoms with van der Waals surface area (Å²) in [6.45, 7) is 14.2. The van der Waals surface area contributed by atoms with E-state index in [1.54, 1.807) is 30.1 Å². The summed E-state index contributed by atoms with van der Waals surface area (Å²) in [7, 11) is 0.0783. The Bertz CT molecular complexity index is 1540. The van der Waals surface area contributed by atoms with Crippen LogP contribution in [0.3, 0.4) is 0 Å². The van der Waals surface area contributed by atoms with Crippen molar-refractivity contribution in [2.45, 2.75) is 79.0 Å². The quantitative estimate of drug-likeness (QED) is 0.0515. The Hall–Kier alpha value is -2.35. The average molecular weight is 860 g/mol. The van der Waals surface area contributed by atoms with Gasteiger partial charge in [-0.1, -0.05) is 102 Å². The van der Waals surface area contributed by atoms with E-state index < -0.39 is 31.8 Å². The molecule has 0 N–H and O–H groups in total. The van der Waals surface area contributed by atoms with Crippen LogP contribution < -0.4 is 4.74 Å². The van der Waals surface area contributed by atoms with Gasteiger partial charge >= 0.3 is 12.1 Å². The molecule has 326 valence electrons. The van der Waals surface area contributed by atoms with Crippen molar-refractivity contribution in [3.8, 4) is 16.9 Å². The van der Waals surface area contributed by atoms with E-state index in [4.69, 9.17) is 18.9 Å². The predicted molar refractivity (Wildman–Crippen MR) is 245 cm³/mol. The van der Waals surface area contributed by atoms with Gasteiger partial charge in [0.25, 0.3) is 0 Å². The van der Waals surface area contributed by atoms with Gasteiger partial charge in [-0.2, -0.15) is 13.2 Å². The molecular formula is C45H72F3NO5S3. The molecule has 0 saturated heterocycles. The Morgan fingerprint density at radius 3 is 1.86 bits per heavy atom. The molecule has 0 saturated carbocycles. The van der Waals surface area contributed by atoms with Crippen molar-refractivity contribution in [3.63, 3.8) is 0 Å². The molecule has 3 aromatic carbocycles. The minimum atomic E-state index is -4.45. The molecule has 57 heavy (non-hydrogen) atoms. The number of esters is 1. The Labute approximate surface area is 351 Å². The number of benzene rings is 3. The average Bonchev–Trinajstić information content (AvgIpc) is 3.60. The highest BCUT2D eigenvalue weighted by atomic mass is 32.3. The molecule has 0 radical (unpaired) electrons. The molecule has 0 bridgehead atoms. The van der Waals surface area contributed by atoms with Crippen LogP contribution in [0.25, 0.3) is 11.1 Å². The first-order chi connectivity index (χ1) is 27.0. The van der Waals surface area contributed by atoms with Gasteiger partial charge in [0.2, 0.25) is 0 Å². The monoisotopic (exact) mass is 859 g/mol. The number of alkyl halides is 3. The normalized spacial score (nSPS) is 14.8. The Morgan fingerprint density at radius 1 is 0.789 bits per heavy atom. The third-order valence-electron chi connectivity index (χ3n) is 8.62. The minimum absolute atomic E-state index is 0.125. The van der Waals surface area contributed by atoms with Gasteiger partial charge in [0.1, 0.15) is 25.3 Å². The fourth-order valence-electron chi connectivity index (χ4n) is 5.75. The Kier molecular flexibility index (Phi) is 24.7. The van der Waals surface area contributed by atoms with Crippen LogP contribution in [0.1, 0.15) is 88.7 Å². The second-order valence-corrected chi connectivity index (χ2v) is 24.8. The molecule has 6 nitrogen and oxygen atoms in total. The van der Waals surface area contributed by atoms with Crippen LogP contribution >= 0.6 is 32.0 Å². The first-order valence-corrected chi connectivity index (χ1v) is 27.0. The molecule has 12 heteroatoms. The summed E-state index contributed by atoms with van der Waals surface area (Å²) in [6, 6.07) is 19.0. The lowest BCUT2D eigenvalue weighted by atomic mass is 9.93. The van der Waals surface area contributed by atoms with Gasteiger partial charge in [-0.3, -0.25) is 4.79 Å². The van der Waals surface area contributed by atoms with Gasteiger partial charge < -0.3 is 18.9 Å². The topological polar surface area (TPSA) is 57.2 Å². The van der Waals surface area contributed by atoms with Crippen LogP contribution in [0, 0.1) is 0 Å². The lowest BCUT2D eigenvalue weighted by molar-refractivity contribution is -0.141. The summed E-state index contributed by atoms with van der Waals surface area (Å²) >= 11 is 1.60. The van der Waals surface area contributed by atoms with E-state index in [1.807, 2.05) is 71.9 Å². The number of hydrogen-bond donors (Lipinski definition) is 0. The standard InChI is InChI=1S/C39H54F3NO5S3.3C2H6/c1-45-38(44)25-30(26-49-43(27-46-21-23-50(2,3)4)28-47-22-24-51(5,6)7)29-15-17-31(18-16-29)48-37-20-19-33-32(12-10-13-35(33)37)34-11-8-9-14-36(34)39(40,41)42;3*1-2/h8-18,30,37H,19-28H2,1-7H3;3*1-2H3. The Balaban J connectivity index is 0.00000258. The number of methoxy groups -OCH3 is 1. The molecule has 2 unspecified atom stereocenters. The predicted octanol–water partition coefficient (Wildman–Crippen LogP) is 12.5. The molecule has 0 amide bonds. The van der Waals surface area contributed by atoms with Gasteiger partial charge in [-0.15, -0.1) is 0 Å². The molecule has 3 aromatic rings. The summed E-state index contributed by atoms with van der Waals surface area (Å²) in [5.41, 5.74) is 2.93. The van der Waals surface area contributed by atoms with E-state index in [9.17, 15) is 18.0 Å². The minimum Gasteiger partial charge on any atom is -0.486 e. The summed E-state index contributed by atoms with van der Waals surface area (Å²) in [5.74, 6) is 2.92. The molecule has 0 spiro atoms. The molecule has 0 aliphatic heterocycles. The van der Waals surface area contributed by atoms with Crippen molar-refractivity contribution < 1.29 is 36.9 Å². The molecule has 2 atom stereocenters. The van der Waals surface area contributed by atoms with E-state index in [0.717, 1.165) is 34.3 Å². The number of carbonyl (C=O) groups excluding carboxylic acids is 1. The molecule has 1 aliphatic rings. The molecule has 4 rings (SSSR count). The van der Waals surface area contributed by atoms with Crippen LogP contribution in [0.4, 0.5) is 13.2 Å². The highest BCUT2D eigenvalue weighted by Crippen LogP contribution is 2.44. The van der Waals surface area contributed by atoms with Crippen molar-refractivity contribution in [1.29, 1.82) is 0 Å². The van der Waals surface area contributed by atoms with E-state index in [-0.39, 0.29) is 30.0 Å². The zero-order valence-corrected chi connectivity index (χ0v) is 39.4. The first-order valence-electron chi connectivity index (χ1n) is 20.0. The fraction of sp³-hybridized carbons (Fsp3) is 0.578. The van der Waals surface area contributed by atoms with Crippen molar-refractivity contribution in [1.82, 2.24) is 4.31 Å². The number of ether oxygens (including phenoxy) is 4. The number of carbonyl (C=O) groups is 1. The fourth-order valence-corrected chi connectivity index (χ4v) is 7.99. The smallest absolute Gasteiger partial charge is 0.417 e. The summed E-state index contributed by atoms with van der Waals surface area (Å²) < 4.78 is 67.2. The van der Waals surface area contributed by atoms with E-state index >= 15 is 0 Å². The maximum absolute atomic E-state index is 13.9. The van der Waals surface area contributed by atoms with Gasteiger partial charge in [0.15, 0.2) is 0 Å². The Morgan fingerprint density at radius 2 is 1.33 bits per heavy atom. The van der Waals surface area contributed by atoms with Crippen molar-refractivity contribution >= 4 is 38.0 Å². The van der Waals surface area contributed by atoms with Gasteiger partial charge in [-0.05, 0) is 96.4 Å². The van der Waals surface area contributed by atoms with Crippen LogP contribution in [0.2, 0.25) is 0 Å². The molecule has 0 heterocycles. The number of fused-ring (bicyclic) bond motifs is 1. The van der Waals surface area contributed by atoms with Crippen LogP contribution in [0.5, 0.6) is 5.75 Å². The summed E-state index contributed by atoms with van der Waals surface area (Å²) in [4.78, 5) is 12.5. The third kappa shape index (κ3) is 19.1. The maximum atomic E-state index is 13.9. The molecular weight excluding hydrogens is 788 g/mol. The summed E-state index contributed by atoms with van der Waals surface area (Å²) in [6.07, 6.45) is 10.4. The number of rotatable bonds is 19. The highest BCUT2D eigenvalue weighted by Gasteiger charge is 2.35. The molecule has 0 aromatic heterocycles. The number of nitrogens with zero attached hydrogens (tertiary/aromatic N) is 1. The van der Waals surface area contributed by atoms with E-state index in [0.29, 0.717) is 56.6 Å². The van der Waals surface area contributed by atoms with Gasteiger partial charge in [0, 0.05) is 23.2 Å². The van der Waals surface area contributed by atoms with Crippen LogP contribution in [0.15, 0.2) is 66.7 Å². The second kappa shape index (κ2) is 26.7. The van der Waals surface area contributed by atoms with Crippen LogP contribution in [-0.2, 0) is 31.6 Å². The van der Waals surface area contributed by atoms with E-state index in [2.05, 4.69) is 41.8 Å². The number of halogens is 3. The zero-order valence-electron chi connectivity index (χ0n) is 36.9. The largest absolute Gasteiger partial charge is 0.486 e. The van der Waals surface area contributed by atoms with Crippen molar-refractivity contribution in [2.24, 2.45) is 0 Å². The van der Waals surface area contributed by atoms with Gasteiger partial charge in [0.05, 0.1) is 32.3 Å². The first kappa shape index (κ1) is 52.7. The molecule has 1 aliphatic carbocycles.